The van der Waals surface area contributed by atoms with Crippen molar-refractivity contribution in [3.8, 4) is 0 Å². The van der Waals surface area contributed by atoms with E-state index >= 15 is 0 Å². The summed E-state index contributed by atoms with van der Waals surface area (Å²) in [6.45, 7) is 0. The van der Waals surface area contributed by atoms with Crippen LogP contribution in [0, 0.1) is 17.5 Å². The van der Waals surface area contributed by atoms with Gasteiger partial charge in [0.25, 0.3) is 0 Å². The molecular formula is C10H4F3NO3. The summed E-state index contributed by atoms with van der Waals surface area (Å²) < 4.78 is 39.4. The van der Waals surface area contributed by atoms with Crippen LogP contribution in [0.3, 0.4) is 0 Å². The minimum atomic E-state index is -1.51. The van der Waals surface area contributed by atoms with Crippen LogP contribution >= 0.6 is 0 Å². The molecule has 7 heteroatoms. The fraction of sp³-hybridized carbons (Fsp3) is 0. The SMILES string of the molecule is O=C(O)c1cc(=O)c2c(F)c(F)cc(F)c2[nH]1. The smallest absolute Gasteiger partial charge is 0.352 e. The van der Waals surface area contributed by atoms with Gasteiger partial charge in [0.2, 0.25) is 0 Å². The van der Waals surface area contributed by atoms with E-state index in [1.165, 1.54) is 0 Å². The summed E-state index contributed by atoms with van der Waals surface area (Å²) in [6, 6.07) is 0.797. The number of aromatic carboxylic acids is 1. The standard InChI is InChI=1S/C10H4F3NO3/c11-3-1-4(12)9-7(8(3)13)6(15)2-5(14-9)10(16)17/h1-2H,(H,14,15)(H,16,17). The molecule has 88 valence electrons. The van der Waals surface area contributed by atoms with Gasteiger partial charge in [0, 0.05) is 12.1 Å². The van der Waals surface area contributed by atoms with Gasteiger partial charge in [-0.05, 0) is 0 Å². The van der Waals surface area contributed by atoms with E-state index in [1.54, 1.807) is 0 Å². The van der Waals surface area contributed by atoms with Gasteiger partial charge in [0.05, 0.1) is 10.9 Å². The zero-order chi connectivity index (χ0) is 12.7. The number of aromatic amines is 1. The van der Waals surface area contributed by atoms with Gasteiger partial charge in [-0.3, -0.25) is 4.79 Å². The Morgan fingerprint density at radius 2 is 1.82 bits per heavy atom. The lowest BCUT2D eigenvalue weighted by atomic mass is 10.1. The number of fused-ring (bicyclic) bond motifs is 1. The number of aromatic nitrogens is 1. The Morgan fingerprint density at radius 3 is 2.41 bits per heavy atom. The quantitative estimate of drug-likeness (QED) is 0.748. The van der Waals surface area contributed by atoms with Crippen molar-refractivity contribution in [2.75, 3.05) is 0 Å². The average molecular weight is 243 g/mol. The van der Waals surface area contributed by atoms with Crippen molar-refractivity contribution in [3.05, 3.63) is 45.5 Å². The van der Waals surface area contributed by atoms with Crippen LogP contribution in [0.25, 0.3) is 10.9 Å². The maximum atomic E-state index is 13.3. The van der Waals surface area contributed by atoms with Crippen molar-refractivity contribution in [1.29, 1.82) is 0 Å². The van der Waals surface area contributed by atoms with Crippen molar-refractivity contribution < 1.29 is 23.1 Å². The average Bonchev–Trinajstić information content (AvgIpc) is 2.25. The Kier molecular flexibility index (Phi) is 2.38. The number of nitrogens with one attached hydrogen (secondary N) is 1. The van der Waals surface area contributed by atoms with Crippen LogP contribution in [-0.4, -0.2) is 16.1 Å². The van der Waals surface area contributed by atoms with Crippen molar-refractivity contribution in [2.24, 2.45) is 0 Å². The predicted molar refractivity (Wildman–Crippen MR) is 51.4 cm³/mol. The van der Waals surface area contributed by atoms with Crippen LogP contribution in [0.1, 0.15) is 10.5 Å². The Bertz CT molecular complexity index is 693. The molecule has 17 heavy (non-hydrogen) atoms. The molecule has 4 nitrogen and oxygen atoms in total. The number of pyridine rings is 1. The molecule has 2 aromatic rings. The predicted octanol–water partition coefficient (Wildman–Crippen LogP) is 1.64. The maximum Gasteiger partial charge on any atom is 0.352 e. The summed E-state index contributed by atoms with van der Waals surface area (Å²) in [7, 11) is 0. The number of halogens is 3. The number of carbonyl (C=O) groups is 1. The molecule has 1 heterocycles. The molecule has 0 aliphatic heterocycles. The molecular weight excluding hydrogens is 239 g/mol. The largest absolute Gasteiger partial charge is 0.477 e. The zero-order valence-corrected chi connectivity index (χ0v) is 8.05. The Balaban J connectivity index is 3.01. The van der Waals surface area contributed by atoms with Crippen LogP contribution in [0.5, 0.6) is 0 Å². The molecule has 1 aromatic heterocycles. The van der Waals surface area contributed by atoms with Crippen LogP contribution in [-0.2, 0) is 0 Å². The first kappa shape index (κ1) is 11.2. The number of rotatable bonds is 1. The molecule has 0 saturated heterocycles. The highest BCUT2D eigenvalue weighted by molar-refractivity contribution is 5.90. The summed E-state index contributed by atoms with van der Waals surface area (Å²) in [6.07, 6.45) is 0. The van der Waals surface area contributed by atoms with Gasteiger partial charge in [-0.2, -0.15) is 0 Å². The van der Waals surface area contributed by atoms with E-state index < -0.39 is 45.4 Å². The molecule has 2 rings (SSSR count). The van der Waals surface area contributed by atoms with Gasteiger partial charge < -0.3 is 10.1 Å². The molecule has 0 aliphatic carbocycles. The molecule has 0 radical (unpaired) electrons. The molecule has 0 aliphatic rings. The van der Waals surface area contributed by atoms with Crippen LogP contribution in [0.15, 0.2) is 16.9 Å². The number of H-pyrrole nitrogens is 1. The molecule has 0 atom stereocenters. The molecule has 0 fully saturated rings. The fourth-order valence-corrected chi connectivity index (χ4v) is 1.44. The first-order valence-corrected chi connectivity index (χ1v) is 4.35. The Morgan fingerprint density at radius 1 is 1.18 bits per heavy atom. The van der Waals surface area contributed by atoms with Crippen molar-refractivity contribution >= 4 is 16.9 Å². The number of hydrogen-bond donors (Lipinski definition) is 2. The van der Waals surface area contributed by atoms with Gasteiger partial charge in [-0.25, -0.2) is 18.0 Å². The van der Waals surface area contributed by atoms with Gasteiger partial charge in [0.1, 0.15) is 5.69 Å². The van der Waals surface area contributed by atoms with Crippen molar-refractivity contribution in [2.45, 2.75) is 0 Å². The van der Waals surface area contributed by atoms with Gasteiger partial charge >= 0.3 is 5.97 Å². The molecule has 0 unspecified atom stereocenters. The van der Waals surface area contributed by atoms with Crippen molar-refractivity contribution in [3.63, 3.8) is 0 Å². The highest BCUT2D eigenvalue weighted by Crippen LogP contribution is 2.19. The zero-order valence-electron chi connectivity index (χ0n) is 8.05. The van der Waals surface area contributed by atoms with Crippen LogP contribution < -0.4 is 5.43 Å². The molecule has 1 aromatic carbocycles. The number of carboxylic acids is 1. The summed E-state index contributed by atoms with van der Waals surface area (Å²) >= 11 is 0. The topological polar surface area (TPSA) is 70.2 Å². The minimum absolute atomic E-state index is 0.235. The van der Waals surface area contributed by atoms with E-state index in [-0.39, 0.29) is 6.07 Å². The first-order valence-electron chi connectivity index (χ1n) is 4.35. The number of hydrogen-bond acceptors (Lipinski definition) is 2. The van der Waals surface area contributed by atoms with E-state index in [4.69, 9.17) is 5.11 Å². The van der Waals surface area contributed by atoms with E-state index in [2.05, 4.69) is 0 Å². The molecule has 0 saturated carbocycles. The second-order valence-corrected chi connectivity index (χ2v) is 3.26. The number of benzene rings is 1. The lowest BCUT2D eigenvalue weighted by Crippen LogP contribution is -2.12. The summed E-state index contributed by atoms with van der Waals surface area (Å²) in [5, 5.41) is 7.78. The Labute approximate surface area is 91.3 Å². The maximum absolute atomic E-state index is 13.3. The summed E-state index contributed by atoms with van der Waals surface area (Å²) in [4.78, 5) is 24.0. The monoisotopic (exact) mass is 243 g/mol. The van der Waals surface area contributed by atoms with E-state index in [0.717, 1.165) is 0 Å². The van der Waals surface area contributed by atoms with Gasteiger partial charge in [-0.15, -0.1) is 0 Å². The van der Waals surface area contributed by atoms with E-state index in [1.807, 2.05) is 4.98 Å². The molecule has 2 N–H and O–H groups in total. The molecule has 0 amide bonds. The van der Waals surface area contributed by atoms with Crippen molar-refractivity contribution in [1.82, 2.24) is 4.98 Å². The van der Waals surface area contributed by atoms with E-state index in [9.17, 15) is 22.8 Å². The second-order valence-electron chi connectivity index (χ2n) is 3.26. The molecule has 0 bridgehead atoms. The fourth-order valence-electron chi connectivity index (χ4n) is 1.44. The van der Waals surface area contributed by atoms with Gasteiger partial charge in [-0.1, -0.05) is 0 Å². The highest BCUT2D eigenvalue weighted by atomic mass is 19.2. The summed E-state index contributed by atoms with van der Waals surface area (Å²) in [5.74, 6) is -5.77. The minimum Gasteiger partial charge on any atom is -0.477 e. The van der Waals surface area contributed by atoms with E-state index in [0.29, 0.717) is 6.07 Å². The first-order chi connectivity index (χ1) is 7.91. The lowest BCUT2D eigenvalue weighted by molar-refractivity contribution is 0.0691. The van der Waals surface area contributed by atoms with Crippen LogP contribution in [0.2, 0.25) is 0 Å². The lowest BCUT2D eigenvalue weighted by Gasteiger charge is -2.03. The third kappa shape index (κ3) is 1.65. The highest BCUT2D eigenvalue weighted by Gasteiger charge is 2.17. The van der Waals surface area contributed by atoms with Gasteiger partial charge in [0.15, 0.2) is 22.9 Å². The number of carboxylic acid groups (broad SMARTS) is 1. The third-order valence-electron chi connectivity index (χ3n) is 2.18. The van der Waals surface area contributed by atoms with Crippen LogP contribution in [0.4, 0.5) is 13.2 Å². The second kappa shape index (κ2) is 3.62. The Hall–Kier alpha value is -2.31. The summed E-state index contributed by atoms with van der Waals surface area (Å²) in [5.41, 5.74) is -2.38. The third-order valence-corrected chi connectivity index (χ3v) is 2.18. The normalized spacial score (nSPS) is 10.8. The molecule has 0 spiro atoms.